The van der Waals surface area contributed by atoms with Crippen LogP contribution in [0.25, 0.3) is 0 Å². The molecule has 118 valence electrons. The molecule has 7 nitrogen and oxygen atoms in total. The van der Waals surface area contributed by atoms with E-state index >= 15 is 0 Å². The third-order valence-corrected chi connectivity index (χ3v) is 3.93. The van der Waals surface area contributed by atoms with Crippen molar-refractivity contribution < 1.29 is 24.3 Å². The number of imide groups is 2. The highest BCUT2D eigenvalue weighted by atomic mass is 16.4. The van der Waals surface area contributed by atoms with E-state index in [4.69, 9.17) is 5.11 Å². The predicted molar refractivity (Wildman–Crippen MR) is 74.3 cm³/mol. The summed E-state index contributed by atoms with van der Waals surface area (Å²) in [6.07, 6.45) is 2.93. The fourth-order valence-corrected chi connectivity index (χ4v) is 2.91. The second-order valence-corrected chi connectivity index (χ2v) is 5.41. The van der Waals surface area contributed by atoms with Gasteiger partial charge >= 0.3 is 12.0 Å². The normalized spacial score (nSPS) is 18.9. The number of hydrogen-bond donors (Lipinski definition) is 3. The molecule has 0 saturated carbocycles. The summed E-state index contributed by atoms with van der Waals surface area (Å²) < 4.78 is 0. The molecule has 0 aromatic rings. The molecule has 0 aromatic heterocycles. The maximum Gasteiger partial charge on any atom is 0.328 e. The molecule has 1 unspecified atom stereocenters. The van der Waals surface area contributed by atoms with Gasteiger partial charge in [0.1, 0.15) is 5.41 Å². The van der Waals surface area contributed by atoms with Gasteiger partial charge in [-0.3, -0.25) is 25.0 Å². The Balaban J connectivity index is 3.21. The minimum absolute atomic E-state index is 0.397. The molecule has 1 heterocycles. The Morgan fingerprint density at radius 1 is 1.10 bits per heavy atom. The fourth-order valence-electron chi connectivity index (χ4n) is 2.91. The lowest BCUT2D eigenvalue weighted by Crippen LogP contribution is -2.65. The van der Waals surface area contributed by atoms with Gasteiger partial charge < -0.3 is 5.11 Å². The monoisotopic (exact) mass is 298 g/mol. The molecule has 1 saturated heterocycles. The molecule has 0 radical (unpaired) electrons. The molecule has 21 heavy (non-hydrogen) atoms. The summed E-state index contributed by atoms with van der Waals surface area (Å²) in [6, 6.07) is -0.892. The summed E-state index contributed by atoms with van der Waals surface area (Å²) in [6.45, 7) is 3.90. The number of carboxylic acid groups (broad SMARTS) is 1. The highest BCUT2D eigenvalue weighted by Gasteiger charge is 2.56. The summed E-state index contributed by atoms with van der Waals surface area (Å²) in [5, 5.41) is 13.2. The minimum Gasteiger partial charge on any atom is -0.481 e. The van der Waals surface area contributed by atoms with E-state index in [1.54, 1.807) is 0 Å². The van der Waals surface area contributed by atoms with E-state index in [0.29, 0.717) is 12.8 Å². The smallest absolute Gasteiger partial charge is 0.328 e. The number of urea groups is 1. The van der Waals surface area contributed by atoms with Crippen molar-refractivity contribution in [2.24, 2.45) is 11.3 Å². The molecular formula is C14H22N2O5. The Labute approximate surface area is 123 Å². The first-order chi connectivity index (χ1) is 9.88. The Morgan fingerprint density at radius 3 is 2.10 bits per heavy atom. The van der Waals surface area contributed by atoms with Crippen LogP contribution < -0.4 is 10.6 Å². The molecule has 1 rings (SSSR count). The number of unbranched alkanes of at least 4 members (excludes halogenated alkanes) is 1. The van der Waals surface area contributed by atoms with Crippen molar-refractivity contribution in [1.29, 1.82) is 0 Å². The molecule has 3 N–H and O–H groups in total. The van der Waals surface area contributed by atoms with Crippen LogP contribution in [-0.4, -0.2) is 28.9 Å². The lowest BCUT2D eigenvalue weighted by atomic mass is 9.66. The first kappa shape index (κ1) is 17.1. The van der Waals surface area contributed by atoms with Crippen molar-refractivity contribution in [2.45, 2.75) is 52.4 Å². The van der Waals surface area contributed by atoms with Crippen molar-refractivity contribution in [3.05, 3.63) is 0 Å². The summed E-state index contributed by atoms with van der Waals surface area (Å²) in [4.78, 5) is 47.0. The van der Waals surface area contributed by atoms with E-state index in [1.165, 1.54) is 0 Å². The molecule has 7 heteroatoms. The first-order valence-electron chi connectivity index (χ1n) is 7.27. The Kier molecular flexibility index (Phi) is 5.87. The number of rotatable bonds is 8. The summed E-state index contributed by atoms with van der Waals surface area (Å²) >= 11 is 0. The van der Waals surface area contributed by atoms with Crippen LogP contribution in [0.4, 0.5) is 4.79 Å². The number of carbonyl (C=O) groups is 4. The van der Waals surface area contributed by atoms with Crippen LogP contribution in [0, 0.1) is 11.3 Å². The van der Waals surface area contributed by atoms with E-state index < -0.39 is 41.6 Å². The zero-order valence-electron chi connectivity index (χ0n) is 12.4. The van der Waals surface area contributed by atoms with E-state index in [0.717, 1.165) is 19.3 Å². The number of aliphatic carboxylic acids is 1. The van der Waals surface area contributed by atoms with Crippen LogP contribution in [-0.2, 0) is 14.4 Å². The molecule has 4 amide bonds. The number of hydrogen-bond acceptors (Lipinski definition) is 4. The number of amides is 4. The Morgan fingerprint density at radius 2 is 1.67 bits per heavy atom. The van der Waals surface area contributed by atoms with E-state index in [2.05, 4.69) is 0 Å². The van der Waals surface area contributed by atoms with Crippen LogP contribution in [0.3, 0.4) is 0 Å². The van der Waals surface area contributed by atoms with Crippen LogP contribution in [0.1, 0.15) is 52.4 Å². The zero-order valence-corrected chi connectivity index (χ0v) is 12.4. The topological polar surface area (TPSA) is 113 Å². The van der Waals surface area contributed by atoms with Gasteiger partial charge in [0.2, 0.25) is 11.8 Å². The van der Waals surface area contributed by atoms with Crippen LogP contribution in [0.15, 0.2) is 0 Å². The number of barbiturate groups is 1. The van der Waals surface area contributed by atoms with Gasteiger partial charge in [-0.1, -0.05) is 33.1 Å². The molecular weight excluding hydrogens is 276 g/mol. The molecule has 0 aliphatic carbocycles. The number of nitrogens with one attached hydrogen (secondary N) is 2. The van der Waals surface area contributed by atoms with Crippen molar-refractivity contribution in [3.8, 4) is 0 Å². The van der Waals surface area contributed by atoms with Gasteiger partial charge in [-0.25, -0.2) is 4.79 Å². The fraction of sp³-hybridized carbons (Fsp3) is 0.714. The standard InChI is InChI=1S/C14H22N2O5/c1-3-5-7-9(6-4-2)14(8-10(17)18)11(19)15-13(21)16-12(14)20/h9H,3-8H2,1-2H3,(H,17,18)(H2,15,16,19,20,21). The lowest BCUT2D eigenvalue weighted by molar-refractivity contribution is -0.157. The summed E-state index contributed by atoms with van der Waals surface area (Å²) in [7, 11) is 0. The van der Waals surface area contributed by atoms with Crippen molar-refractivity contribution in [1.82, 2.24) is 10.6 Å². The zero-order chi connectivity index (χ0) is 16.0. The second kappa shape index (κ2) is 7.19. The largest absolute Gasteiger partial charge is 0.481 e. The van der Waals surface area contributed by atoms with Gasteiger partial charge in [0, 0.05) is 0 Å². The lowest BCUT2D eigenvalue weighted by Gasteiger charge is -2.39. The predicted octanol–water partition coefficient (Wildman–Crippen LogP) is 1.42. The Bertz CT molecular complexity index is 427. The molecule has 0 bridgehead atoms. The Hall–Kier alpha value is -1.92. The quantitative estimate of drug-likeness (QED) is 0.587. The third-order valence-electron chi connectivity index (χ3n) is 3.93. The van der Waals surface area contributed by atoms with Crippen LogP contribution in [0.5, 0.6) is 0 Å². The molecule has 1 aliphatic heterocycles. The van der Waals surface area contributed by atoms with Crippen LogP contribution in [0.2, 0.25) is 0 Å². The maximum absolute atomic E-state index is 12.3. The summed E-state index contributed by atoms with van der Waals surface area (Å²) in [5.74, 6) is -3.22. The minimum atomic E-state index is -1.70. The highest BCUT2D eigenvalue weighted by molar-refractivity contribution is 6.20. The average Bonchev–Trinajstić information content (AvgIpc) is 2.38. The summed E-state index contributed by atoms with van der Waals surface area (Å²) in [5.41, 5.74) is -1.70. The first-order valence-corrected chi connectivity index (χ1v) is 7.27. The number of carbonyl (C=O) groups excluding carboxylic acids is 3. The maximum atomic E-state index is 12.3. The van der Waals surface area contributed by atoms with Gasteiger partial charge in [0.15, 0.2) is 0 Å². The van der Waals surface area contributed by atoms with Gasteiger partial charge in [-0.05, 0) is 18.8 Å². The molecule has 1 atom stereocenters. The van der Waals surface area contributed by atoms with Crippen LogP contribution >= 0.6 is 0 Å². The van der Waals surface area contributed by atoms with Crippen molar-refractivity contribution in [3.63, 3.8) is 0 Å². The second-order valence-electron chi connectivity index (χ2n) is 5.41. The number of carboxylic acids is 1. The van der Waals surface area contributed by atoms with Crippen molar-refractivity contribution in [2.75, 3.05) is 0 Å². The van der Waals surface area contributed by atoms with Gasteiger partial charge in [-0.15, -0.1) is 0 Å². The molecule has 0 spiro atoms. The molecule has 1 fully saturated rings. The van der Waals surface area contributed by atoms with Gasteiger partial charge in [0.25, 0.3) is 0 Å². The van der Waals surface area contributed by atoms with E-state index in [1.807, 2.05) is 24.5 Å². The van der Waals surface area contributed by atoms with E-state index in [-0.39, 0.29) is 0 Å². The molecule has 0 aromatic carbocycles. The van der Waals surface area contributed by atoms with Gasteiger partial charge in [-0.2, -0.15) is 0 Å². The van der Waals surface area contributed by atoms with Gasteiger partial charge in [0.05, 0.1) is 6.42 Å². The highest BCUT2D eigenvalue weighted by Crippen LogP contribution is 2.40. The van der Waals surface area contributed by atoms with E-state index in [9.17, 15) is 19.2 Å². The van der Waals surface area contributed by atoms with Crippen molar-refractivity contribution >= 4 is 23.8 Å². The average molecular weight is 298 g/mol. The third kappa shape index (κ3) is 3.59. The molecule has 1 aliphatic rings. The SMILES string of the molecule is CCCCC(CCC)C1(CC(=O)O)C(=O)NC(=O)NC1=O.